The van der Waals surface area contributed by atoms with Gasteiger partial charge in [0.15, 0.2) is 5.58 Å². The molecule has 1 heterocycles. The molecule has 102 valence electrons. The number of para-hydroxylation sites is 1. The summed E-state index contributed by atoms with van der Waals surface area (Å²) in [5.41, 5.74) is 9.07. The molecule has 3 rings (SSSR count). The fourth-order valence-corrected chi connectivity index (χ4v) is 2.78. The number of rotatable bonds is 4. The second kappa shape index (κ2) is 5.46. The van der Waals surface area contributed by atoms with E-state index in [1.54, 1.807) is 7.11 Å². The Morgan fingerprint density at radius 2 is 2.10 bits per heavy atom. The molecule has 0 unspecified atom stereocenters. The highest BCUT2D eigenvalue weighted by atomic mass is 32.2. The highest BCUT2D eigenvalue weighted by molar-refractivity contribution is 7.98. The summed E-state index contributed by atoms with van der Waals surface area (Å²) in [6.07, 6.45) is 0. The fourth-order valence-electron chi connectivity index (χ4n) is 1.95. The lowest BCUT2D eigenvalue weighted by Crippen LogP contribution is -1.89. The molecule has 0 atom stereocenters. The minimum Gasteiger partial charge on any atom is -0.496 e. The zero-order valence-corrected chi connectivity index (χ0v) is 11.8. The van der Waals surface area contributed by atoms with Gasteiger partial charge in [0.1, 0.15) is 11.3 Å². The van der Waals surface area contributed by atoms with Gasteiger partial charge in [0.2, 0.25) is 0 Å². The van der Waals surface area contributed by atoms with Crippen LogP contribution in [0.15, 0.2) is 52.1 Å². The van der Waals surface area contributed by atoms with Crippen molar-refractivity contribution < 1.29 is 9.15 Å². The summed E-state index contributed by atoms with van der Waals surface area (Å²) in [6.45, 7) is 0. The van der Waals surface area contributed by atoms with Gasteiger partial charge in [-0.25, -0.2) is 4.98 Å². The first-order chi connectivity index (χ1) is 9.76. The van der Waals surface area contributed by atoms with E-state index < -0.39 is 0 Å². The average molecular weight is 286 g/mol. The lowest BCUT2D eigenvalue weighted by molar-refractivity contribution is 0.411. The first kappa shape index (κ1) is 12.9. The molecule has 0 aliphatic heterocycles. The lowest BCUT2D eigenvalue weighted by atomic mass is 10.2. The number of anilines is 1. The van der Waals surface area contributed by atoms with E-state index in [1.807, 2.05) is 42.5 Å². The third-order valence-corrected chi connectivity index (χ3v) is 3.81. The molecule has 4 nitrogen and oxygen atoms in total. The summed E-state index contributed by atoms with van der Waals surface area (Å²) in [5.74, 6) is 1.62. The van der Waals surface area contributed by atoms with E-state index in [0.29, 0.717) is 10.9 Å². The smallest absolute Gasteiger partial charge is 0.257 e. The molecule has 0 aliphatic carbocycles. The summed E-state index contributed by atoms with van der Waals surface area (Å²) in [6, 6.07) is 13.4. The molecule has 0 saturated carbocycles. The molecular weight excluding hydrogens is 272 g/mol. The quantitative estimate of drug-likeness (QED) is 0.585. The Balaban J connectivity index is 1.79. The fraction of sp³-hybridized carbons (Fsp3) is 0.133. The maximum atomic E-state index is 5.73. The summed E-state index contributed by atoms with van der Waals surface area (Å²) < 4.78 is 11.0. The number of oxazole rings is 1. The minimum absolute atomic E-state index is 0.636. The van der Waals surface area contributed by atoms with Crippen LogP contribution in [-0.2, 0) is 5.75 Å². The van der Waals surface area contributed by atoms with Crippen molar-refractivity contribution in [3.8, 4) is 5.75 Å². The molecule has 0 radical (unpaired) electrons. The zero-order chi connectivity index (χ0) is 13.9. The van der Waals surface area contributed by atoms with Crippen molar-refractivity contribution in [2.75, 3.05) is 12.8 Å². The monoisotopic (exact) mass is 286 g/mol. The summed E-state index contributed by atoms with van der Waals surface area (Å²) in [4.78, 5) is 4.42. The zero-order valence-electron chi connectivity index (χ0n) is 11.0. The number of aromatic nitrogens is 1. The molecule has 0 fully saturated rings. The Morgan fingerprint density at radius 3 is 2.95 bits per heavy atom. The molecule has 5 heteroatoms. The van der Waals surface area contributed by atoms with Crippen LogP contribution in [0.25, 0.3) is 11.1 Å². The van der Waals surface area contributed by atoms with Crippen LogP contribution < -0.4 is 10.5 Å². The van der Waals surface area contributed by atoms with Gasteiger partial charge >= 0.3 is 0 Å². The highest BCUT2D eigenvalue weighted by Gasteiger charge is 2.08. The minimum atomic E-state index is 0.636. The third kappa shape index (κ3) is 2.58. The normalized spacial score (nSPS) is 10.8. The Labute approximate surface area is 120 Å². The average Bonchev–Trinajstić information content (AvgIpc) is 2.87. The Kier molecular flexibility index (Phi) is 3.52. The van der Waals surface area contributed by atoms with Gasteiger partial charge in [-0.05, 0) is 24.3 Å². The van der Waals surface area contributed by atoms with E-state index in [2.05, 4.69) is 4.98 Å². The van der Waals surface area contributed by atoms with Gasteiger partial charge in [-0.15, -0.1) is 0 Å². The number of benzene rings is 2. The third-order valence-electron chi connectivity index (χ3n) is 2.94. The number of nitrogen functional groups attached to an aromatic ring is 1. The van der Waals surface area contributed by atoms with Crippen molar-refractivity contribution in [3.63, 3.8) is 0 Å². The number of thioether (sulfide) groups is 1. The van der Waals surface area contributed by atoms with Gasteiger partial charge in [-0.1, -0.05) is 30.0 Å². The van der Waals surface area contributed by atoms with Crippen molar-refractivity contribution in [2.45, 2.75) is 11.0 Å². The van der Waals surface area contributed by atoms with E-state index in [9.17, 15) is 0 Å². The second-order valence-electron chi connectivity index (χ2n) is 4.31. The Hall–Kier alpha value is -2.14. The summed E-state index contributed by atoms with van der Waals surface area (Å²) in [5, 5.41) is 0.636. The van der Waals surface area contributed by atoms with E-state index in [-0.39, 0.29) is 0 Å². The van der Waals surface area contributed by atoms with Crippen LogP contribution >= 0.6 is 11.8 Å². The van der Waals surface area contributed by atoms with E-state index in [4.69, 9.17) is 14.9 Å². The predicted molar refractivity (Wildman–Crippen MR) is 81.0 cm³/mol. The highest BCUT2D eigenvalue weighted by Crippen LogP contribution is 2.30. The van der Waals surface area contributed by atoms with Crippen LogP contribution in [0.3, 0.4) is 0 Å². The molecule has 2 N–H and O–H groups in total. The maximum Gasteiger partial charge on any atom is 0.257 e. The molecule has 0 bridgehead atoms. The molecule has 0 spiro atoms. The molecule has 0 saturated heterocycles. The standard InChI is InChI=1S/C15H14N2O2S/c1-18-13-5-3-2-4-10(13)9-20-15-17-12-8-11(16)6-7-14(12)19-15/h2-8H,9,16H2,1H3. The summed E-state index contributed by atoms with van der Waals surface area (Å²) >= 11 is 1.54. The van der Waals surface area contributed by atoms with Crippen LogP contribution in [0.5, 0.6) is 5.75 Å². The molecular formula is C15H14N2O2S. The van der Waals surface area contributed by atoms with Gasteiger partial charge in [0, 0.05) is 17.0 Å². The first-order valence-electron chi connectivity index (χ1n) is 6.17. The molecule has 3 aromatic rings. The maximum absolute atomic E-state index is 5.73. The first-order valence-corrected chi connectivity index (χ1v) is 7.15. The van der Waals surface area contributed by atoms with E-state index in [1.165, 1.54) is 11.8 Å². The van der Waals surface area contributed by atoms with Gasteiger partial charge < -0.3 is 14.9 Å². The predicted octanol–water partition coefficient (Wildman–Crippen LogP) is 3.71. The lowest BCUT2D eigenvalue weighted by Gasteiger charge is -2.05. The number of nitrogens with two attached hydrogens (primary N) is 1. The van der Waals surface area contributed by atoms with Crippen molar-refractivity contribution in [1.82, 2.24) is 4.98 Å². The van der Waals surface area contributed by atoms with Crippen molar-refractivity contribution in [3.05, 3.63) is 48.0 Å². The van der Waals surface area contributed by atoms with Crippen LogP contribution in [0.4, 0.5) is 5.69 Å². The number of hydrogen-bond acceptors (Lipinski definition) is 5. The summed E-state index contributed by atoms with van der Waals surface area (Å²) in [7, 11) is 1.67. The number of nitrogens with zero attached hydrogens (tertiary/aromatic N) is 1. The van der Waals surface area contributed by atoms with Crippen molar-refractivity contribution in [2.24, 2.45) is 0 Å². The number of ether oxygens (including phenoxy) is 1. The number of methoxy groups -OCH3 is 1. The van der Waals surface area contributed by atoms with E-state index in [0.717, 1.165) is 28.2 Å². The SMILES string of the molecule is COc1ccccc1CSc1nc2cc(N)ccc2o1. The van der Waals surface area contributed by atoms with E-state index >= 15 is 0 Å². The molecule has 0 aliphatic rings. The van der Waals surface area contributed by atoms with Gasteiger partial charge in [0.25, 0.3) is 5.22 Å². The Morgan fingerprint density at radius 1 is 1.25 bits per heavy atom. The van der Waals surface area contributed by atoms with Gasteiger partial charge in [0.05, 0.1) is 7.11 Å². The number of hydrogen-bond donors (Lipinski definition) is 1. The topological polar surface area (TPSA) is 61.3 Å². The second-order valence-corrected chi connectivity index (χ2v) is 5.23. The largest absolute Gasteiger partial charge is 0.496 e. The number of fused-ring (bicyclic) bond motifs is 1. The molecule has 2 aromatic carbocycles. The molecule has 1 aromatic heterocycles. The molecule has 20 heavy (non-hydrogen) atoms. The van der Waals surface area contributed by atoms with Gasteiger partial charge in [-0.2, -0.15) is 0 Å². The van der Waals surface area contributed by atoms with Crippen LogP contribution in [0.2, 0.25) is 0 Å². The van der Waals surface area contributed by atoms with Crippen LogP contribution in [-0.4, -0.2) is 12.1 Å². The Bertz CT molecular complexity index is 740. The molecule has 0 amide bonds. The van der Waals surface area contributed by atoms with Crippen LogP contribution in [0.1, 0.15) is 5.56 Å². The van der Waals surface area contributed by atoms with Crippen molar-refractivity contribution in [1.29, 1.82) is 0 Å². The van der Waals surface area contributed by atoms with Crippen LogP contribution in [0, 0.1) is 0 Å². The van der Waals surface area contributed by atoms with Crippen molar-refractivity contribution >= 4 is 28.5 Å². The van der Waals surface area contributed by atoms with Gasteiger partial charge in [-0.3, -0.25) is 0 Å².